The van der Waals surface area contributed by atoms with Crippen LogP contribution in [-0.4, -0.2) is 16.5 Å². The molecule has 1 fully saturated rings. The zero-order chi connectivity index (χ0) is 7.78. The molecule has 0 amide bonds. The zero-order valence-electron chi connectivity index (χ0n) is 5.17. The van der Waals surface area contributed by atoms with E-state index in [0.29, 0.717) is 0 Å². The number of carboxylic acids is 1. The second kappa shape index (κ2) is 2.14. The summed E-state index contributed by atoms with van der Waals surface area (Å²) in [5.41, 5.74) is -1.17. The number of nitrogens with zero attached hydrogens (tertiary/aromatic N) is 1. The standard InChI is InChI=1S/C6H6ClNO2/c7-4-1-6(2-4,3-8)5(9)10/h4H,1-2H2,(H,9,10). The number of rotatable bonds is 1. The minimum Gasteiger partial charge on any atom is -0.480 e. The monoisotopic (exact) mass is 159 g/mol. The molecule has 4 heteroatoms. The highest BCUT2D eigenvalue weighted by Gasteiger charge is 2.50. The van der Waals surface area contributed by atoms with E-state index in [9.17, 15) is 4.79 Å². The molecule has 0 atom stereocenters. The van der Waals surface area contributed by atoms with Crippen molar-refractivity contribution in [2.75, 3.05) is 0 Å². The Bertz CT molecular complexity index is 202. The van der Waals surface area contributed by atoms with Crippen LogP contribution >= 0.6 is 11.6 Å². The Labute approximate surface area is 63.2 Å². The molecule has 0 aromatic rings. The van der Waals surface area contributed by atoms with Crippen molar-refractivity contribution >= 4 is 17.6 Å². The maximum Gasteiger partial charge on any atom is 0.324 e. The zero-order valence-corrected chi connectivity index (χ0v) is 5.93. The highest BCUT2D eigenvalue weighted by atomic mass is 35.5. The van der Waals surface area contributed by atoms with Gasteiger partial charge in [0.2, 0.25) is 0 Å². The summed E-state index contributed by atoms with van der Waals surface area (Å²) < 4.78 is 0. The van der Waals surface area contributed by atoms with Crippen LogP contribution in [0.25, 0.3) is 0 Å². The number of halogens is 1. The van der Waals surface area contributed by atoms with Crippen LogP contribution in [0.3, 0.4) is 0 Å². The van der Waals surface area contributed by atoms with Gasteiger partial charge >= 0.3 is 5.97 Å². The SMILES string of the molecule is N#CC1(C(=O)O)CC(Cl)C1. The molecule has 1 saturated carbocycles. The molecule has 1 N–H and O–H groups in total. The van der Waals surface area contributed by atoms with Gasteiger partial charge in [0.15, 0.2) is 5.41 Å². The van der Waals surface area contributed by atoms with Crippen LogP contribution in [0.4, 0.5) is 0 Å². The average molecular weight is 160 g/mol. The molecule has 0 bridgehead atoms. The van der Waals surface area contributed by atoms with Gasteiger partial charge in [0.05, 0.1) is 6.07 Å². The highest BCUT2D eigenvalue weighted by Crippen LogP contribution is 2.43. The smallest absolute Gasteiger partial charge is 0.324 e. The van der Waals surface area contributed by atoms with Crippen molar-refractivity contribution in [1.29, 1.82) is 5.26 Å². The first-order valence-electron chi connectivity index (χ1n) is 2.89. The molecule has 0 radical (unpaired) electrons. The van der Waals surface area contributed by atoms with Crippen LogP contribution in [0.5, 0.6) is 0 Å². The van der Waals surface area contributed by atoms with E-state index < -0.39 is 11.4 Å². The molecular weight excluding hydrogens is 154 g/mol. The minimum absolute atomic E-state index is 0.129. The Kier molecular flexibility index (Phi) is 1.57. The van der Waals surface area contributed by atoms with Crippen LogP contribution in [0.15, 0.2) is 0 Å². The third-order valence-corrected chi connectivity index (χ3v) is 2.07. The molecule has 0 spiro atoms. The lowest BCUT2D eigenvalue weighted by Crippen LogP contribution is -2.43. The highest BCUT2D eigenvalue weighted by molar-refractivity contribution is 6.21. The molecule has 0 saturated heterocycles. The van der Waals surface area contributed by atoms with Crippen LogP contribution in [-0.2, 0) is 4.79 Å². The molecule has 3 nitrogen and oxygen atoms in total. The number of carbonyl (C=O) groups is 1. The van der Waals surface area contributed by atoms with Crippen molar-refractivity contribution < 1.29 is 9.90 Å². The topological polar surface area (TPSA) is 61.1 Å². The fraction of sp³-hybridized carbons (Fsp3) is 0.667. The summed E-state index contributed by atoms with van der Waals surface area (Å²) >= 11 is 5.54. The predicted octanol–water partition coefficient (Wildman–Crippen LogP) is 0.982. The van der Waals surface area contributed by atoms with Gasteiger partial charge in [-0.15, -0.1) is 11.6 Å². The third kappa shape index (κ3) is 0.850. The fourth-order valence-corrected chi connectivity index (χ4v) is 1.54. The van der Waals surface area contributed by atoms with Crippen molar-refractivity contribution in [2.45, 2.75) is 18.2 Å². The largest absolute Gasteiger partial charge is 0.480 e. The van der Waals surface area contributed by atoms with E-state index in [2.05, 4.69) is 0 Å². The van der Waals surface area contributed by atoms with Gasteiger partial charge < -0.3 is 5.11 Å². The van der Waals surface area contributed by atoms with Gasteiger partial charge in [-0.05, 0) is 12.8 Å². The first-order valence-corrected chi connectivity index (χ1v) is 3.33. The average Bonchev–Trinajstić information content (AvgIpc) is 1.79. The van der Waals surface area contributed by atoms with Crippen molar-refractivity contribution in [3.63, 3.8) is 0 Å². The Morgan fingerprint density at radius 2 is 2.30 bits per heavy atom. The van der Waals surface area contributed by atoms with Crippen LogP contribution in [0.2, 0.25) is 0 Å². The summed E-state index contributed by atoms with van der Waals surface area (Å²) in [5, 5.41) is 16.8. The second-order valence-electron chi connectivity index (χ2n) is 2.50. The quantitative estimate of drug-likeness (QED) is 0.581. The summed E-state index contributed by atoms with van der Waals surface area (Å²) in [7, 11) is 0. The van der Waals surface area contributed by atoms with Gasteiger partial charge in [-0.2, -0.15) is 5.26 Å². The molecule has 10 heavy (non-hydrogen) atoms. The lowest BCUT2D eigenvalue weighted by molar-refractivity contribution is -0.149. The van der Waals surface area contributed by atoms with Gasteiger partial charge in [0, 0.05) is 5.38 Å². The molecule has 1 rings (SSSR count). The van der Waals surface area contributed by atoms with Crippen molar-refractivity contribution in [1.82, 2.24) is 0 Å². The van der Waals surface area contributed by atoms with E-state index in [1.54, 1.807) is 6.07 Å². The molecule has 1 aliphatic carbocycles. The van der Waals surface area contributed by atoms with Crippen molar-refractivity contribution in [2.24, 2.45) is 5.41 Å². The molecule has 0 aromatic heterocycles. The first kappa shape index (κ1) is 7.36. The molecule has 1 aliphatic rings. The summed E-state index contributed by atoms with van der Waals surface area (Å²) in [5.74, 6) is -1.05. The summed E-state index contributed by atoms with van der Waals surface area (Å²) in [6.07, 6.45) is 0.556. The molecule has 0 aromatic carbocycles. The summed E-state index contributed by atoms with van der Waals surface area (Å²) in [4.78, 5) is 10.4. The molecule has 0 unspecified atom stereocenters. The van der Waals surface area contributed by atoms with E-state index in [-0.39, 0.29) is 18.2 Å². The normalized spacial score (nSPS) is 37.8. The molecule has 0 aliphatic heterocycles. The van der Waals surface area contributed by atoms with E-state index in [0.717, 1.165) is 0 Å². The number of hydrogen-bond acceptors (Lipinski definition) is 2. The number of aliphatic carboxylic acids is 1. The van der Waals surface area contributed by atoms with Crippen molar-refractivity contribution in [3.05, 3.63) is 0 Å². The maximum atomic E-state index is 10.4. The van der Waals surface area contributed by atoms with Crippen molar-refractivity contribution in [3.8, 4) is 6.07 Å². The van der Waals surface area contributed by atoms with Gasteiger partial charge in [-0.3, -0.25) is 4.79 Å². The lowest BCUT2D eigenvalue weighted by Gasteiger charge is -2.34. The molecular formula is C6H6ClNO2. The number of hydrogen-bond donors (Lipinski definition) is 1. The summed E-state index contributed by atoms with van der Waals surface area (Å²) in [6, 6.07) is 1.76. The lowest BCUT2D eigenvalue weighted by atomic mass is 9.70. The second-order valence-corrected chi connectivity index (χ2v) is 3.12. The Hall–Kier alpha value is -0.750. The maximum absolute atomic E-state index is 10.4. The van der Waals surface area contributed by atoms with Gasteiger partial charge in [0.25, 0.3) is 0 Å². The summed E-state index contributed by atoms with van der Waals surface area (Å²) in [6.45, 7) is 0. The Balaban J connectivity index is 2.68. The van der Waals surface area contributed by atoms with E-state index >= 15 is 0 Å². The predicted molar refractivity (Wildman–Crippen MR) is 34.6 cm³/mol. The first-order chi connectivity index (χ1) is 4.60. The third-order valence-electron chi connectivity index (χ3n) is 1.76. The minimum atomic E-state index is -1.17. The Morgan fingerprint density at radius 3 is 2.40 bits per heavy atom. The van der Waals surface area contributed by atoms with E-state index in [4.69, 9.17) is 22.0 Å². The molecule has 0 heterocycles. The van der Waals surface area contributed by atoms with Crippen LogP contribution in [0.1, 0.15) is 12.8 Å². The van der Waals surface area contributed by atoms with Crippen LogP contribution < -0.4 is 0 Å². The number of nitriles is 1. The van der Waals surface area contributed by atoms with Gasteiger partial charge in [-0.1, -0.05) is 0 Å². The van der Waals surface area contributed by atoms with E-state index in [1.807, 2.05) is 0 Å². The van der Waals surface area contributed by atoms with E-state index in [1.165, 1.54) is 0 Å². The van der Waals surface area contributed by atoms with Crippen LogP contribution in [0, 0.1) is 16.7 Å². The Morgan fingerprint density at radius 1 is 1.80 bits per heavy atom. The molecule has 54 valence electrons. The number of carboxylic acid groups (broad SMARTS) is 1. The van der Waals surface area contributed by atoms with Gasteiger partial charge in [-0.25, -0.2) is 0 Å². The number of alkyl halides is 1. The fourth-order valence-electron chi connectivity index (χ4n) is 1.01. The van der Waals surface area contributed by atoms with Gasteiger partial charge in [0.1, 0.15) is 0 Å².